The molecule has 0 spiro atoms. The van der Waals surface area contributed by atoms with Crippen LogP contribution in [-0.2, 0) is 5.75 Å². The molecule has 0 saturated heterocycles. The van der Waals surface area contributed by atoms with Crippen molar-refractivity contribution in [1.82, 2.24) is 5.32 Å². The first-order valence-electron chi connectivity index (χ1n) is 7.19. The van der Waals surface area contributed by atoms with Crippen LogP contribution in [0, 0.1) is 0 Å². The minimum atomic E-state index is 0.714. The molecule has 0 bridgehead atoms. The van der Waals surface area contributed by atoms with Crippen LogP contribution in [0.5, 0.6) is 0 Å². The Labute approximate surface area is 144 Å². The smallest absolute Gasteiger partial charge is 0.129 e. The van der Waals surface area contributed by atoms with Crippen LogP contribution in [0.3, 0.4) is 0 Å². The maximum absolute atomic E-state index is 6.25. The summed E-state index contributed by atoms with van der Waals surface area (Å²) in [7, 11) is 0. The number of thioether (sulfide) groups is 1. The van der Waals surface area contributed by atoms with Gasteiger partial charge in [-0.3, -0.25) is 4.99 Å². The van der Waals surface area contributed by atoms with Crippen molar-refractivity contribution < 1.29 is 0 Å². The third-order valence-corrected chi connectivity index (χ3v) is 5.28. The van der Waals surface area contributed by atoms with Crippen molar-refractivity contribution in [1.29, 1.82) is 0 Å². The number of hydrogen-bond donors (Lipinski definition) is 1. The Morgan fingerprint density at radius 2 is 1.82 bits per heavy atom. The molecule has 1 aliphatic heterocycles. The summed E-state index contributed by atoms with van der Waals surface area (Å²) in [5, 5.41) is 4.81. The highest BCUT2D eigenvalue weighted by molar-refractivity contribution is 7.98. The molecule has 0 saturated carbocycles. The highest BCUT2D eigenvalue weighted by Gasteiger charge is 2.13. The molecule has 0 atom stereocenters. The van der Waals surface area contributed by atoms with Crippen LogP contribution in [0.2, 0.25) is 10.0 Å². The van der Waals surface area contributed by atoms with Crippen LogP contribution in [0.25, 0.3) is 0 Å². The Bertz CT molecular complexity index is 681. The summed E-state index contributed by atoms with van der Waals surface area (Å²) < 4.78 is 0. The van der Waals surface area contributed by atoms with E-state index >= 15 is 0 Å². The molecule has 1 aliphatic rings. The number of halogens is 2. The lowest BCUT2D eigenvalue weighted by molar-refractivity contribution is 0.741. The number of rotatable bonds is 4. The molecular formula is C17H16Cl2N2S. The van der Waals surface area contributed by atoms with Gasteiger partial charge in [0.1, 0.15) is 5.84 Å². The third kappa shape index (κ3) is 3.60. The van der Waals surface area contributed by atoms with Gasteiger partial charge in [0.05, 0.1) is 0 Å². The molecule has 0 aliphatic carbocycles. The molecule has 0 fully saturated rings. The third-order valence-electron chi connectivity index (χ3n) is 3.47. The van der Waals surface area contributed by atoms with Crippen molar-refractivity contribution in [2.75, 3.05) is 13.1 Å². The van der Waals surface area contributed by atoms with E-state index in [0.717, 1.165) is 42.2 Å². The number of amidine groups is 1. The lowest BCUT2D eigenvalue weighted by Crippen LogP contribution is -2.30. The van der Waals surface area contributed by atoms with E-state index in [-0.39, 0.29) is 0 Å². The van der Waals surface area contributed by atoms with Crippen molar-refractivity contribution in [2.24, 2.45) is 4.99 Å². The Kier molecular flexibility index (Phi) is 5.29. The van der Waals surface area contributed by atoms with E-state index in [4.69, 9.17) is 23.2 Å². The average molecular weight is 351 g/mol. The SMILES string of the molecule is Clc1cccc(Cl)c1CSc1ccccc1C1=NCCCN1. The van der Waals surface area contributed by atoms with Gasteiger partial charge in [0.25, 0.3) is 0 Å². The van der Waals surface area contributed by atoms with E-state index in [1.54, 1.807) is 11.8 Å². The first kappa shape index (κ1) is 15.7. The average Bonchev–Trinajstić information content (AvgIpc) is 2.56. The van der Waals surface area contributed by atoms with Gasteiger partial charge >= 0.3 is 0 Å². The van der Waals surface area contributed by atoms with Gasteiger partial charge in [-0.05, 0) is 30.2 Å². The van der Waals surface area contributed by atoms with Crippen LogP contribution in [0.1, 0.15) is 17.5 Å². The van der Waals surface area contributed by atoms with Gasteiger partial charge in [0.15, 0.2) is 0 Å². The molecule has 0 radical (unpaired) electrons. The predicted octanol–water partition coefficient (Wildman–Crippen LogP) is 5.03. The number of aliphatic imine (C=N–C) groups is 1. The second kappa shape index (κ2) is 7.40. The molecular weight excluding hydrogens is 335 g/mol. The fraction of sp³-hybridized carbons (Fsp3) is 0.235. The lowest BCUT2D eigenvalue weighted by atomic mass is 10.2. The fourth-order valence-electron chi connectivity index (χ4n) is 2.32. The highest BCUT2D eigenvalue weighted by atomic mass is 35.5. The largest absolute Gasteiger partial charge is 0.370 e. The minimum absolute atomic E-state index is 0.714. The van der Waals surface area contributed by atoms with Crippen molar-refractivity contribution in [3.63, 3.8) is 0 Å². The highest BCUT2D eigenvalue weighted by Crippen LogP contribution is 2.33. The Morgan fingerprint density at radius 1 is 1.05 bits per heavy atom. The summed E-state index contributed by atoms with van der Waals surface area (Å²) in [4.78, 5) is 5.78. The predicted molar refractivity (Wildman–Crippen MR) is 96.5 cm³/mol. The van der Waals surface area contributed by atoms with E-state index in [2.05, 4.69) is 22.4 Å². The second-order valence-corrected chi connectivity index (χ2v) is 6.83. The van der Waals surface area contributed by atoms with Crippen LogP contribution in [0.15, 0.2) is 52.4 Å². The summed E-state index contributed by atoms with van der Waals surface area (Å²) in [6, 6.07) is 13.9. The Balaban J connectivity index is 1.83. The molecule has 1 N–H and O–H groups in total. The van der Waals surface area contributed by atoms with E-state index in [1.807, 2.05) is 30.3 Å². The molecule has 2 aromatic rings. The zero-order valence-electron chi connectivity index (χ0n) is 12.0. The van der Waals surface area contributed by atoms with E-state index < -0.39 is 0 Å². The normalized spacial score (nSPS) is 14.4. The molecule has 2 aromatic carbocycles. The Hall–Kier alpha value is -1.16. The fourth-order valence-corrected chi connectivity index (χ4v) is 4.12. The molecule has 22 heavy (non-hydrogen) atoms. The summed E-state index contributed by atoms with van der Waals surface area (Å²) in [6.07, 6.45) is 1.09. The molecule has 1 heterocycles. The van der Waals surface area contributed by atoms with Crippen LogP contribution >= 0.6 is 35.0 Å². The number of nitrogens with zero attached hydrogens (tertiary/aromatic N) is 1. The van der Waals surface area contributed by atoms with Gasteiger partial charge in [-0.2, -0.15) is 0 Å². The molecule has 0 amide bonds. The number of benzene rings is 2. The summed E-state index contributed by atoms with van der Waals surface area (Å²) >= 11 is 14.2. The van der Waals surface area contributed by atoms with Crippen molar-refractivity contribution >= 4 is 40.8 Å². The molecule has 3 rings (SSSR count). The van der Waals surface area contributed by atoms with E-state index in [0.29, 0.717) is 10.0 Å². The lowest BCUT2D eigenvalue weighted by Gasteiger charge is -2.17. The summed E-state index contributed by atoms with van der Waals surface area (Å²) in [6.45, 7) is 1.87. The maximum atomic E-state index is 6.25. The maximum Gasteiger partial charge on any atom is 0.129 e. The zero-order chi connectivity index (χ0) is 15.4. The summed E-state index contributed by atoms with van der Waals surface area (Å²) in [5.74, 6) is 1.72. The van der Waals surface area contributed by atoms with Crippen molar-refractivity contribution in [3.8, 4) is 0 Å². The first-order valence-corrected chi connectivity index (χ1v) is 8.93. The number of hydrogen-bond acceptors (Lipinski definition) is 3. The van der Waals surface area contributed by atoms with Crippen molar-refractivity contribution in [3.05, 3.63) is 63.6 Å². The Morgan fingerprint density at radius 3 is 2.55 bits per heavy atom. The molecule has 0 unspecified atom stereocenters. The van der Waals surface area contributed by atoms with Gasteiger partial charge in [-0.25, -0.2) is 0 Å². The molecule has 114 valence electrons. The van der Waals surface area contributed by atoms with E-state index in [1.165, 1.54) is 4.90 Å². The number of nitrogens with one attached hydrogen (secondary N) is 1. The standard InChI is InChI=1S/C17H16Cl2N2S/c18-14-6-3-7-15(19)13(14)11-22-16-8-2-1-5-12(16)17-20-9-4-10-21-17/h1-3,5-8H,4,9-11H2,(H,20,21). The van der Waals surface area contributed by atoms with Gasteiger partial charge < -0.3 is 5.32 Å². The second-order valence-electron chi connectivity index (χ2n) is 5.00. The quantitative estimate of drug-likeness (QED) is 0.782. The first-order chi connectivity index (χ1) is 10.8. The molecule has 5 heteroatoms. The van der Waals surface area contributed by atoms with Crippen LogP contribution in [-0.4, -0.2) is 18.9 Å². The van der Waals surface area contributed by atoms with Gasteiger partial charge in [-0.1, -0.05) is 47.5 Å². The van der Waals surface area contributed by atoms with E-state index in [9.17, 15) is 0 Å². The molecule has 2 nitrogen and oxygen atoms in total. The van der Waals surface area contributed by atoms with Crippen LogP contribution in [0.4, 0.5) is 0 Å². The van der Waals surface area contributed by atoms with Gasteiger partial charge in [0, 0.05) is 39.3 Å². The minimum Gasteiger partial charge on any atom is -0.370 e. The van der Waals surface area contributed by atoms with Crippen molar-refractivity contribution in [2.45, 2.75) is 17.1 Å². The topological polar surface area (TPSA) is 24.4 Å². The monoisotopic (exact) mass is 350 g/mol. The van der Waals surface area contributed by atoms with Gasteiger partial charge in [-0.15, -0.1) is 11.8 Å². The molecule has 0 aromatic heterocycles. The zero-order valence-corrected chi connectivity index (χ0v) is 14.3. The summed E-state index contributed by atoms with van der Waals surface area (Å²) in [5.41, 5.74) is 2.12. The van der Waals surface area contributed by atoms with Gasteiger partial charge in [0.2, 0.25) is 0 Å². The van der Waals surface area contributed by atoms with Crippen LogP contribution < -0.4 is 5.32 Å².